The summed E-state index contributed by atoms with van der Waals surface area (Å²) in [7, 11) is 3.86. The zero-order valence-electron chi connectivity index (χ0n) is 12.3. The molecule has 0 bridgehead atoms. The number of aliphatic hydroxyl groups is 1. The molecule has 0 aliphatic carbocycles. The van der Waals surface area contributed by atoms with Gasteiger partial charge in [0, 0.05) is 5.41 Å². The van der Waals surface area contributed by atoms with E-state index in [0.717, 1.165) is 38.1 Å². The van der Waals surface area contributed by atoms with Gasteiger partial charge in [-0.25, -0.2) is 0 Å². The molecule has 1 aromatic carbocycles. The second-order valence-corrected chi connectivity index (χ2v) is 5.62. The van der Waals surface area contributed by atoms with Crippen molar-refractivity contribution in [3.63, 3.8) is 0 Å². The minimum Gasteiger partial charge on any atom is -0.496 e. The zero-order valence-corrected chi connectivity index (χ0v) is 12.3. The maximum atomic E-state index is 9.92. The summed E-state index contributed by atoms with van der Waals surface area (Å²) >= 11 is 0. The predicted octanol–water partition coefficient (Wildman–Crippen LogP) is 2.21. The van der Waals surface area contributed by atoms with E-state index in [-0.39, 0.29) is 12.0 Å². The number of rotatable bonds is 4. The highest BCUT2D eigenvalue weighted by molar-refractivity contribution is 5.40. The lowest BCUT2D eigenvalue weighted by Crippen LogP contribution is -2.43. The predicted molar refractivity (Wildman–Crippen MR) is 77.9 cm³/mol. The van der Waals surface area contributed by atoms with Crippen molar-refractivity contribution in [1.82, 2.24) is 4.90 Å². The average Bonchev–Trinajstić information content (AvgIpc) is 2.47. The van der Waals surface area contributed by atoms with Gasteiger partial charge in [-0.3, -0.25) is 0 Å². The first kappa shape index (κ1) is 14.4. The van der Waals surface area contributed by atoms with Crippen LogP contribution in [-0.2, 0) is 11.8 Å². The van der Waals surface area contributed by atoms with E-state index >= 15 is 0 Å². The number of benzene rings is 1. The molecule has 2 rings (SSSR count). The Morgan fingerprint density at radius 1 is 1.32 bits per heavy atom. The van der Waals surface area contributed by atoms with E-state index in [4.69, 9.17) is 4.74 Å². The molecule has 0 radical (unpaired) electrons. The summed E-state index contributed by atoms with van der Waals surface area (Å²) in [5.41, 5.74) is 2.43. The number of piperidine rings is 1. The van der Waals surface area contributed by atoms with Crippen LogP contribution < -0.4 is 4.74 Å². The van der Waals surface area contributed by atoms with Crippen LogP contribution in [0.4, 0.5) is 0 Å². The van der Waals surface area contributed by atoms with Crippen LogP contribution in [0.3, 0.4) is 0 Å². The molecular weight excluding hydrogens is 238 g/mol. The van der Waals surface area contributed by atoms with E-state index in [2.05, 4.69) is 31.0 Å². The van der Waals surface area contributed by atoms with Gasteiger partial charge in [-0.15, -0.1) is 0 Å². The quantitative estimate of drug-likeness (QED) is 0.904. The Bertz CT molecular complexity index is 423. The molecule has 1 heterocycles. The molecule has 19 heavy (non-hydrogen) atoms. The van der Waals surface area contributed by atoms with Gasteiger partial charge in [0.1, 0.15) is 5.75 Å². The molecule has 3 heteroatoms. The standard InChI is InChI=1S/C16H25NO2/c1-4-13-11-14(5-6-15(13)19-3)16(12-18)7-9-17(2)10-8-16/h5-6,11,18H,4,7-10,12H2,1-3H3. The Labute approximate surface area is 116 Å². The molecule has 1 N–H and O–H groups in total. The lowest BCUT2D eigenvalue weighted by atomic mass is 9.73. The summed E-state index contributed by atoms with van der Waals surface area (Å²) in [5, 5.41) is 9.92. The molecular formula is C16H25NO2. The Kier molecular flexibility index (Phi) is 4.48. The van der Waals surface area contributed by atoms with Crippen LogP contribution in [0.15, 0.2) is 18.2 Å². The SMILES string of the molecule is CCc1cc(C2(CO)CCN(C)CC2)ccc1OC. The monoisotopic (exact) mass is 263 g/mol. The second-order valence-electron chi connectivity index (χ2n) is 5.62. The Hall–Kier alpha value is -1.06. The molecule has 0 unspecified atom stereocenters. The van der Waals surface area contributed by atoms with E-state index in [9.17, 15) is 5.11 Å². The summed E-state index contributed by atoms with van der Waals surface area (Å²) in [5.74, 6) is 0.951. The molecule has 1 fully saturated rings. The number of nitrogens with zero attached hydrogens (tertiary/aromatic N) is 1. The number of aryl methyl sites for hydroxylation is 1. The summed E-state index contributed by atoms with van der Waals surface area (Å²) < 4.78 is 5.39. The van der Waals surface area contributed by atoms with Crippen molar-refractivity contribution in [3.05, 3.63) is 29.3 Å². The molecule has 1 aromatic rings. The number of hydrogen-bond donors (Lipinski definition) is 1. The highest BCUT2D eigenvalue weighted by Crippen LogP contribution is 2.36. The normalized spacial score (nSPS) is 19.4. The van der Waals surface area contributed by atoms with Crippen molar-refractivity contribution in [3.8, 4) is 5.75 Å². The fraction of sp³-hybridized carbons (Fsp3) is 0.625. The smallest absolute Gasteiger partial charge is 0.122 e. The van der Waals surface area contributed by atoms with Crippen LogP contribution in [-0.4, -0.2) is 43.9 Å². The summed E-state index contributed by atoms with van der Waals surface area (Å²) in [6, 6.07) is 6.39. The van der Waals surface area contributed by atoms with E-state index in [1.54, 1.807) is 7.11 Å². The van der Waals surface area contributed by atoms with Gasteiger partial charge in [-0.2, -0.15) is 0 Å². The topological polar surface area (TPSA) is 32.7 Å². The molecule has 0 spiro atoms. The van der Waals surface area contributed by atoms with Gasteiger partial charge in [0.05, 0.1) is 13.7 Å². The highest BCUT2D eigenvalue weighted by atomic mass is 16.5. The van der Waals surface area contributed by atoms with Crippen molar-refractivity contribution < 1.29 is 9.84 Å². The number of hydrogen-bond acceptors (Lipinski definition) is 3. The molecule has 0 saturated carbocycles. The fourth-order valence-electron chi connectivity index (χ4n) is 2.97. The van der Waals surface area contributed by atoms with Crippen molar-refractivity contribution in [2.45, 2.75) is 31.6 Å². The molecule has 0 aromatic heterocycles. The van der Waals surface area contributed by atoms with Gasteiger partial charge in [0.25, 0.3) is 0 Å². The second kappa shape index (κ2) is 5.93. The molecule has 0 atom stereocenters. The first-order valence-electron chi connectivity index (χ1n) is 7.12. The molecule has 106 valence electrons. The fourth-order valence-corrected chi connectivity index (χ4v) is 2.97. The van der Waals surface area contributed by atoms with Gasteiger partial charge in [0.15, 0.2) is 0 Å². The van der Waals surface area contributed by atoms with Gasteiger partial charge in [-0.1, -0.05) is 19.1 Å². The third kappa shape index (κ3) is 2.77. The largest absolute Gasteiger partial charge is 0.496 e. The van der Waals surface area contributed by atoms with Gasteiger partial charge < -0.3 is 14.7 Å². The van der Waals surface area contributed by atoms with Crippen LogP contribution in [0.2, 0.25) is 0 Å². The highest BCUT2D eigenvalue weighted by Gasteiger charge is 2.35. The number of ether oxygens (including phenoxy) is 1. The van der Waals surface area contributed by atoms with Crippen molar-refractivity contribution in [1.29, 1.82) is 0 Å². The average molecular weight is 263 g/mol. The summed E-state index contributed by atoms with van der Waals surface area (Å²) in [4.78, 5) is 2.33. The Morgan fingerprint density at radius 2 is 2.00 bits per heavy atom. The van der Waals surface area contributed by atoms with Gasteiger partial charge >= 0.3 is 0 Å². The Morgan fingerprint density at radius 3 is 2.53 bits per heavy atom. The number of likely N-dealkylation sites (tertiary alicyclic amines) is 1. The molecule has 1 saturated heterocycles. The van der Waals surface area contributed by atoms with E-state index < -0.39 is 0 Å². The lowest BCUT2D eigenvalue weighted by Gasteiger charge is -2.40. The van der Waals surface area contributed by atoms with E-state index in [1.165, 1.54) is 11.1 Å². The van der Waals surface area contributed by atoms with Crippen LogP contribution in [0, 0.1) is 0 Å². The number of methoxy groups -OCH3 is 1. The first-order valence-corrected chi connectivity index (χ1v) is 7.12. The van der Waals surface area contributed by atoms with Gasteiger partial charge in [-0.05, 0) is 56.6 Å². The van der Waals surface area contributed by atoms with Crippen LogP contribution in [0.25, 0.3) is 0 Å². The van der Waals surface area contributed by atoms with Crippen molar-refractivity contribution in [2.75, 3.05) is 33.9 Å². The van der Waals surface area contributed by atoms with Crippen LogP contribution in [0.5, 0.6) is 5.75 Å². The van der Waals surface area contributed by atoms with Gasteiger partial charge in [0.2, 0.25) is 0 Å². The molecule has 3 nitrogen and oxygen atoms in total. The lowest BCUT2D eigenvalue weighted by molar-refractivity contribution is 0.114. The third-order valence-corrected chi connectivity index (χ3v) is 4.52. The Balaban J connectivity index is 2.33. The van der Waals surface area contributed by atoms with Crippen LogP contribution >= 0.6 is 0 Å². The maximum absolute atomic E-state index is 9.92. The van der Waals surface area contributed by atoms with Crippen molar-refractivity contribution in [2.24, 2.45) is 0 Å². The molecule has 1 aliphatic rings. The third-order valence-electron chi connectivity index (χ3n) is 4.52. The zero-order chi connectivity index (χ0) is 13.9. The minimum atomic E-state index is -0.0668. The first-order chi connectivity index (χ1) is 9.15. The molecule has 0 amide bonds. The maximum Gasteiger partial charge on any atom is 0.122 e. The minimum absolute atomic E-state index is 0.0668. The summed E-state index contributed by atoms with van der Waals surface area (Å²) in [6.07, 6.45) is 3.00. The summed E-state index contributed by atoms with van der Waals surface area (Å²) in [6.45, 7) is 4.47. The van der Waals surface area contributed by atoms with Crippen LogP contribution in [0.1, 0.15) is 30.9 Å². The van der Waals surface area contributed by atoms with Crippen molar-refractivity contribution >= 4 is 0 Å². The van der Waals surface area contributed by atoms with E-state index in [0.29, 0.717) is 0 Å². The van der Waals surface area contributed by atoms with E-state index in [1.807, 2.05) is 6.07 Å². The molecule has 1 aliphatic heterocycles. The number of aliphatic hydroxyl groups excluding tert-OH is 1.